The summed E-state index contributed by atoms with van der Waals surface area (Å²) in [4.78, 5) is 31.3. The molecule has 1 aromatic rings. The minimum Gasteiger partial charge on any atom is -0.497 e. The average molecular weight is 357 g/mol. The molecular weight excluding hydrogens is 330 g/mol. The number of rotatable bonds is 4. The van der Waals surface area contributed by atoms with E-state index in [-0.39, 0.29) is 18.0 Å². The molecule has 6 nitrogen and oxygen atoms in total. The van der Waals surface area contributed by atoms with Crippen LogP contribution in [0.4, 0.5) is 4.79 Å². The van der Waals surface area contributed by atoms with Crippen LogP contribution in [0.2, 0.25) is 0 Å². The van der Waals surface area contributed by atoms with E-state index < -0.39 is 0 Å². The number of benzene rings is 1. The fraction of sp³-hybridized carbons (Fsp3) is 0.600. The molecule has 2 heterocycles. The second-order valence-electron chi connectivity index (χ2n) is 7.62. The van der Waals surface area contributed by atoms with Crippen molar-refractivity contribution in [1.82, 2.24) is 14.7 Å². The highest BCUT2D eigenvalue weighted by molar-refractivity contribution is 5.81. The first-order valence-corrected chi connectivity index (χ1v) is 9.63. The second kappa shape index (κ2) is 7.17. The lowest BCUT2D eigenvalue weighted by Crippen LogP contribution is -2.54. The van der Waals surface area contributed by atoms with Crippen molar-refractivity contribution < 1.29 is 14.3 Å². The number of amides is 3. The van der Waals surface area contributed by atoms with Crippen molar-refractivity contribution in [3.63, 3.8) is 0 Å². The van der Waals surface area contributed by atoms with E-state index in [2.05, 4.69) is 0 Å². The first-order valence-electron chi connectivity index (χ1n) is 9.63. The van der Waals surface area contributed by atoms with Crippen LogP contribution in [0.3, 0.4) is 0 Å². The van der Waals surface area contributed by atoms with Gasteiger partial charge in [0.2, 0.25) is 5.91 Å². The number of ether oxygens (including phenoxy) is 1. The zero-order chi connectivity index (χ0) is 18.1. The molecule has 1 aromatic carbocycles. The van der Waals surface area contributed by atoms with Gasteiger partial charge in [0.1, 0.15) is 5.75 Å². The lowest BCUT2D eigenvalue weighted by Gasteiger charge is -2.37. The first-order chi connectivity index (χ1) is 12.7. The monoisotopic (exact) mass is 357 g/mol. The van der Waals surface area contributed by atoms with Crippen molar-refractivity contribution >= 4 is 11.9 Å². The molecule has 0 aromatic heterocycles. The Bertz CT molecular complexity index is 669. The van der Waals surface area contributed by atoms with E-state index in [1.807, 2.05) is 39.0 Å². The van der Waals surface area contributed by atoms with E-state index in [0.717, 1.165) is 24.2 Å². The predicted molar refractivity (Wildman–Crippen MR) is 97.8 cm³/mol. The first kappa shape index (κ1) is 17.2. The van der Waals surface area contributed by atoms with Crippen molar-refractivity contribution in [3.8, 4) is 5.75 Å². The Morgan fingerprint density at radius 3 is 2.54 bits per heavy atom. The van der Waals surface area contributed by atoms with Crippen molar-refractivity contribution in [3.05, 3.63) is 29.8 Å². The molecule has 0 bridgehead atoms. The van der Waals surface area contributed by atoms with Gasteiger partial charge in [-0.25, -0.2) is 4.79 Å². The fourth-order valence-electron chi connectivity index (χ4n) is 4.49. The summed E-state index contributed by atoms with van der Waals surface area (Å²) in [5.74, 6) is 1.34. The van der Waals surface area contributed by atoms with Gasteiger partial charge in [0.15, 0.2) is 0 Å². The summed E-state index contributed by atoms with van der Waals surface area (Å²) in [5.41, 5.74) is 1.10. The van der Waals surface area contributed by atoms with Crippen molar-refractivity contribution in [2.75, 3.05) is 33.3 Å². The van der Waals surface area contributed by atoms with E-state index >= 15 is 0 Å². The smallest absolute Gasteiger partial charge is 0.320 e. The summed E-state index contributed by atoms with van der Waals surface area (Å²) in [6, 6.07) is 8.06. The van der Waals surface area contributed by atoms with E-state index in [1.54, 1.807) is 7.11 Å². The zero-order valence-electron chi connectivity index (χ0n) is 15.4. The summed E-state index contributed by atoms with van der Waals surface area (Å²) < 4.78 is 5.19. The maximum absolute atomic E-state index is 12.7. The van der Waals surface area contributed by atoms with Gasteiger partial charge in [0.25, 0.3) is 0 Å². The van der Waals surface area contributed by atoms with Crippen LogP contribution in [0.1, 0.15) is 31.2 Å². The van der Waals surface area contributed by atoms with Crippen LogP contribution in [-0.2, 0) is 11.3 Å². The van der Waals surface area contributed by atoms with Crippen LogP contribution in [-0.4, -0.2) is 66.0 Å². The SMILES string of the molecule is COc1ccc(CN2C[C@H]3CN(C(=O)C4CCCC4)CCN3C2=O)cc1. The lowest BCUT2D eigenvalue weighted by atomic mass is 10.1. The molecule has 0 spiro atoms. The van der Waals surface area contributed by atoms with Gasteiger partial charge in [0, 0.05) is 38.6 Å². The summed E-state index contributed by atoms with van der Waals surface area (Å²) in [6.45, 7) is 3.31. The van der Waals surface area contributed by atoms with Gasteiger partial charge in [-0.05, 0) is 30.5 Å². The number of methoxy groups -OCH3 is 1. The van der Waals surface area contributed by atoms with Crippen LogP contribution in [0.15, 0.2) is 24.3 Å². The summed E-state index contributed by atoms with van der Waals surface area (Å²) >= 11 is 0. The van der Waals surface area contributed by atoms with Crippen molar-refractivity contribution in [2.45, 2.75) is 38.3 Å². The van der Waals surface area contributed by atoms with Gasteiger partial charge in [0.05, 0.1) is 13.2 Å². The zero-order valence-corrected chi connectivity index (χ0v) is 15.4. The highest BCUT2D eigenvalue weighted by Crippen LogP contribution is 2.29. The third-order valence-corrected chi connectivity index (χ3v) is 5.98. The maximum atomic E-state index is 12.7. The largest absolute Gasteiger partial charge is 0.497 e. The van der Waals surface area contributed by atoms with E-state index in [0.29, 0.717) is 38.6 Å². The van der Waals surface area contributed by atoms with Crippen LogP contribution < -0.4 is 4.74 Å². The van der Waals surface area contributed by atoms with Crippen LogP contribution >= 0.6 is 0 Å². The number of hydrogen-bond acceptors (Lipinski definition) is 3. The number of carbonyl (C=O) groups excluding carboxylic acids is 2. The Hall–Kier alpha value is -2.24. The molecular formula is C20H27N3O3. The highest BCUT2D eigenvalue weighted by atomic mass is 16.5. The number of piperazine rings is 1. The van der Waals surface area contributed by atoms with E-state index in [9.17, 15) is 9.59 Å². The number of hydrogen-bond donors (Lipinski definition) is 0. The number of nitrogens with zero attached hydrogens (tertiary/aromatic N) is 3. The molecule has 0 radical (unpaired) electrons. The Kier molecular flexibility index (Phi) is 4.74. The molecule has 3 amide bonds. The second-order valence-corrected chi connectivity index (χ2v) is 7.62. The summed E-state index contributed by atoms with van der Waals surface area (Å²) in [7, 11) is 1.65. The van der Waals surface area contributed by atoms with Gasteiger partial charge in [-0.1, -0.05) is 25.0 Å². The molecule has 140 valence electrons. The summed E-state index contributed by atoms with van der Waals surface area (Å²) in [5, 5.41) is 0. The van der Waals surface area contributed by atoms with Gasteiger partial charge < -0.3 is 19.4 Å². The molecule has 0 N–H and O–H groups in total. The predicted octanol–water partition coefficient (Wildman–Crippen LogP) is 2.33. The molecule has 2 saturated heterocycles. The molecule has 2 aliphatic heterocycles. The topological polar surface area (TPSA) is 53.1 Å². The van der Waals surface area contributed by atoms with Crippen LogP contribution in [0.25, 0.3) is 0 Å². The van der Waals surface area contributed by atoms with E-state index in [4.69, 9.17) is 4.74 Å². The number of carbonyl (C=O) groups is 2. The fourth-order valence-corrected chi connectivity index (χ4v) is 4.49. The van der Waals surface area contributed by atoms with E-state index in [1.165, 1.54) is 12.8 Å². The Morgan fingerprint density at radius 1 is 1.12 bits per heavy atom. The van der Waals surface area contributed by atoms with Crippen LogP contribution in [0.5, 0.6) is 5.75 Å². The molecule has 0 unspecified atom stereocenters. The van der Waals surface area contributed by atoms with Gasteiger partial charge in [-0.2, -0.15) is 0 Å². The Balaban J connectivity index is 1.38. The molecule has 1 aliphatic carbocycles. The third kappa shape index (κ3) is 3.24. The molecule has 6 heteroatoms. The maximum Gasteiger partial charge on any atom is 0.320 e. The Labute approximate surface area is 154 Å². The third-order valence-electron chi connectivity index (χ3n) is 5.98. The molecule has 1 saturated carbocycles. The number of urea groups is 1. The normalized spacial score (nSPS) is 23.5. The molecule has 3 fully saturated rings. The van der Waals surface area contributed by atoms with Crippen molar-refractivity contribution in [2.24, 2.45) is 5.92 Å². The van der Waals surface area contributed by atoms with Gasteiger partial charge >= 0.3 is 6.03 Å². The number of fused-ring (bicyclic) bond motifs is 1. The molecule has 4 rings (SSSR count). The standard InChI is InChI=1S/C20H27N3O3/c1-26-18-8-6-15(7-9-18)12-22-14-17-13-21(10-11-23(17)20(22)25)19(24)16-4-2-3-5-16/h6-9,16-17H,2-5,10-14H2,1H3/t17-/m1/s1. The van der Waals surface area contributed by atoms with Crippen molar-refractivity contribution in [1.29, 1.82) is 0 Å². The molecule has 1 atom stereocenters. The van der Waals surface area contributed by atoms with Crippen LogP contribution in [0, 0.1) is 5.92 Å². The van der Waals surface area contributed by atoms with Gasteiger partial charge in [-0.15, -0.1) is 0 Å². The lowest BCUT2D eigenvalue weighted by molar-refractivity contribution is -0.137. The minimum atomic E-state index is 0.0961. The average Bonchev–Trinajstić information content (AvgIpc) is 3.31. The Morgan fingerprint density at radius 2 is 1.85 bits per heavy atom. The highest BCUT2D eigenvalue weighted by Gasteiger charge is 2.42. The molecule has 3 aliphatic rings. The minimum absolute atomic E-state index is 0.0961. The quantitative estimate of drug-likeness (QED) is 0.831. The summed E-state index contributed by atoms with van der Waals surface area (Å²) in [6.07, 6.45) is 4.42. The van der Waals surface area contributed by atoms with Gasteiger partial charge in [-0.3, -0.25) is 4.79 Å². The molecule has 26 heavy (non-hydrogen) atoms.